The molecule has 0 saturated heterocycles. The monoisotopic (exact) mass is 254 g/mol. The third-order valence-electron chi connectivity index (χ3n) is 2.43. The van der Waals surface area contributed by atoms with E-state index in [0.717, 1.165) is 0 Å². The number of esters is 1. The molecule has 1 rings (SSSR count). The van der Waals surface area contributed by atoms with E-state index in [0.29, 0.717) is 29.4 Å². The van der Waals surface area contributed by atoms with Crippen molar-refractivity contribution in [2.75, 3.05) is 27.9 Å². The van der Waals surface area contributed by atoms with Crippen LogP contribution in [0.2, 0.25) is 0 Å². The van der Waals surface area contributed by atoms with Crippen molar-refractivity contribution in [1.29, 1.82) is 0 Å². The Morgan fingerprint density at radius 2 is 1.72 bits per heavy atom. The van der Waals surface area contributed by atoms with Gasteiger partial charge < -0.3 is 18.9 Å². The number of ether oxygens (including phenoxy) is 4. The molecule has 5 heteroatoms. The van der Waals surface area contributed by atoms with Crippen LogP contribution in [0.3, 0.4) is 0 Å². The van der Waals surface area contributed by atoms with Crippen LogP contribution in [0.1, 0.15) is 12.5 Å². The molecule has 0 heterocycles. The molecule has 5 nitrogen and oxygen atoms in total. The highest BCUT2D eigenvalue weighted by Crippen LogP contribution is 2.39. The van der Waals surface area contributed by atoms with Gasteiger partial charge in [-0.25, -0.2) is 0 Å². The van der Waals surface area contributed by atoms with Crippen molar-refractivity contribution in [3.8, 4) is 17.2 Å². The lowest BCUT2D eigenvalue weighted by Gasteiger charge is -2.15. The SMILES string of the molecule is CCOC(=O)Cc1ccc(OC)c(OC)c1OC. The summed E-state index contributed by atoms with van der Waals surface area (Å²) in [5.74, 6) is 1.22. The van der Waals surface area contributed by atoms with Crippen LogP contribution < -0.4 is 14.2 Å². The smallest absolute Gasteiger partial charge is 0.310 e. The average Bonchev–Trinajstić information content (AvgIpc) is 2.38. The van der Waals surface area contributed by atoms with E-state index in [9.17, 15) is 4.79 Å². The molecule has 0 aliphatic carbocycles. The summed E-state index contributed by atoms with van der Waals surface area (Å²) in [5.41, 5.74) is 0.702. The second-order valence-electron chi connectivity index (χ2n) is 3.48. The molecule has 0 unspecified atom stereocenters. The minimum absolute atomic E-state index is 0.136. The Hall–Kier alpha value is -1.91. The van der Waals surface area contributed by atoms with Crippen LogP contribution in [0, 0.1) is 0 Å². The van der Waals surface area contributed by atoms with Gasteiger partial charge in [0.1, 0.15) is 0 Å². The van der Waals surface area contributed by atoms with Gasteiger partial charge in [0.25, 0.3) is 0 Å². The fraction of sp³-hybridized carbons (Fsp3) is 0.462. The van der Waals surface area contributed by atoms with Crippen LogP contribution in [0.4, 0.5) is 0 Å². The molecule has 1 aromatic carbocycles. The molecular weight excluding hydrogens is 236 g/mol. The molecule has 0 radical (unpaired) electrons. The molecule has 0 fully saturated rings. The zero-order valence-corrected chi connectivity index (χ0v) is 11.1. The van der Waals surface area contributed by atoms with E-state index < -0.39 is 0 Å². The molecule has 0 aliphatic rings. The van der Waals surface area contributed by atoms with Crippen molar-refractivity contribution in [3.05, 3.63) is 17.7 Å². The quantitative estimate of drug-likeness (QED) is 0.725. The van der Waals surface area contributed by atoms with E-state index in [1.165, 1.54) is 14.2 Å². The molecule has 0 amide bonds. The lowest BCUT2D eigenvalue weighted by molar-refractivity contribution is -0.142. The predicted octanol–water partition coefficient (Wildman–Crippen LogP) is 1.82. The molecule has 0 saturated carbocycles. The van der Waals surface area contributed by atoms with Crippen molar-refractivity contribution in [1.82, 2.24) is 0 Å². The maximum absolute atomic E-state index is 11.5. The Morgan fingerprint density at radius 1 is 1.06 bits per heavy atom. The number of hydrogen-bond acceptors (Lipinski definition) is 5. The Labute approximate surface area is 107 Å². The highest BCUT2D eigenvalue weighted by Gasteiger charge is 2.17. The van der Waals surface area contributed by atoms with E-state index in [2.05, 4.69) is 0 Å². The fourth-order valence-electron chi connectivity index (χ4n) is 1.67. The molecule has 100 valence electrons. The number of benzene rings is 1. The minimum Gasteiger partial charge on any atom is -0.493 e. The van der Waals surface area contributed by atoms with Crippen molar-refractivity contribution >= 4 is 5.97 Å². The maximum Gasteiger partial charge on any atom is 0.310 e. The Morgan fingerprint density at radius 3 is 2.22 bits per heavy atom. The summed E-state index contributed by atoms with van der Waals surface area (Å²) < 4.78 is 20.6. The highest BCUT2D eigenvalue weighted by molar-refractivity contribution is 5.74. The normalized spacial score (nSPS) is 9.78. The van der Waals surface area contributed by atoms with E-state index in [1.54, 1.807) is 26.2 Å². The topological polar surface area (TPSA) is 54.0 Å². The average molecular weight is 254 g/mol. The summed E-state index contributed by atoms with van der Waals surface area (Å²) in [6.45, 7) is 2.12. The lowest BCUT2D eigenvalue weighted by Crippen LogP contribution is -2.09. The van der Waals surface area contributed by atoms with Gasteiger partial charge in [0, 0.05) is 5.56 Å². The summed E-state index contributed by atoms with van der Waals surface area (Å²) in [6.07, 6.45) is 0.136. The van der Waals surface area contributed by atoms with Crippen LogP contribution in [-0.2, 0) is 16.0 Å². The molecule has 0 N–H and O–H groups in total. The van der Waals surface area contributed by atoms with Crippen LogP contribution in [0.25, 0.3) is 0 Å². The number of hydrogen-bond donors (Lipinski definition) is 0. The number of carbonyl (C=O) groups is 1. The largest absolute Gasteiger partial charge is 0.493 e. The summed E-state index contributed by atoms with van der Waals surface area (Å²) in [6, 6.07) is 3.49. The van der Waals surface area contributed by atoms with Crippen molar-refractivity contribution < 1.29 is 23.7 Å². The summed E-state index contributed by atoms with van der Waals surface area (Å²) >= 11 is 0. The Kier molecular flexibility index (Phi) is 5.30. The zero-order valence-electron chi connectivity index (χ0n) is 11.1. The van der Waals surface area contributed by atoms with Crippen LogP contribution in [0.5, 0.6) is 17.2 Å². The summed E-state index contributed by atoms with van der Waals surface area (Å²) in [4.78, 5) is 11.5. The van der Waals surface area contributed by atoms with E-state index in [4.69, 9.17) is 18.9 Å². The zero-order chi connectivity index (χ0) is 13.5. The molecular formula is C13H18O5. The van der Waals surface area contributed by atoms with Gasteiger partial charge in [0.15, 0.2) is 11.5 Å². The second-order valence-corrected chi connectivity index (χ2v) is 3.48. The summed E-state index contributed by atoms with van der Waals surface area (Å²) in [5, 5.41) is 0. The van der Waals surface area contributed by atoms with Crippen molar-refractivity contribution in [2.45, 2.75) is 13.3 Å². The first-order valence-corrected chi connectivity index (χ1v) is 5.61. The van der Waals surface area contributed by atoms with Gasteiger partial charge in [-0.3, -0.25) is 4.79 Å². The number of carbonyl (C=O) groups excluding carboxylic acids is 1. The third kappa shape index (κ3) is 3.06. The number of rotatable bonds is 6. The second kappa shape index (κ2) is 6.74. The molecule has 18 heavy (non-hydrogen) atoms. The molecule has 0 spiro atoms. The third-order valence-corrected chi connectivity index (χ3v) is 2.43. The van der Waals surface area contributed by atoms with Gasteiger partial charge in [-0.1, -0.05) is 6.07 Å². The maximum atomic E-state index is 11.5. The fourth-order valence-corrected chi connectivity index (χ4v) is 1.67. The predicted molar refractivity (Wildman–Crippen MR) is 66.4 cm³/mol. The first-order valence-electron chi connectivity index (χ1n) is 5.61. The molecule has 0 atom stereocenters. The van der Waals surface area contributed by atoms with Gasteiger partial charge in [-0.2, -0.15) is 0 Å². The summed E-state index contributed by atoms with van der Waals surface area (Å²) in [7, 11) is 4.59. The van der Waals surface area contributed by atoms with Gasteiger partial charge in [0.2, 0.25) is 5.75 Å². The minimum atomic E-state index is -0.303. The van der Waals surface area contributed by atoms with Crippen molar-refractivity contribution in [3.63, 3.8) is 0 Å². The Balaban J connectivity index is 3.08. The van der Waals surface area contributed by atoms with Gasteiger partial charge in [0.05, 0.1) is 34.4 Å². The van der Waals surface area contributed by atoms with Crippen LogP contribution in [0.15, 0.2) is 12.1 Å². The molecule has 0 bridgehead atoms. The molecule has 1 aromatic rings. The standard InChI is InChI=1S/C13H18O5/c1-5-18-11(14)8-9-6-7-10(15-2)13(17-4)12(9)16-3/h6-7H,5,8H2,1-4H3. The molecule has 0 aliphatic heterocycles. The van der Waals surface area contributed by atoms with Gasteiger partial charge >= 0.3 is 5.97 Å². The van der Waals surface area contributed by atoms with Crippen LogP contribution >= 0.6 is 0 Å². The van der Waals surface area contributed by atoms with Gasteiger partial charge in [-0.05, 0) is 13.0 Å². The molecule has 0 aromatic heterocycles. The highest BCUT2D eigenvalue weighted by atomic mass is 16.5. The number of methoxy groups -OCH3 is 3. The van der Waals surface area contributed by atoms with Gasteiger partial charge in [-0.15, -0.1) is 0 Å². The lowest BCUT2D eigenvalue weighted by atomic mass is 10.1. The first kappa shape index (κ1) is 14.2. The first-order chi connectivity index (χ1) is 8.67. The van der Waals surface area contributed by atoms with Crippen LogP contribution in [-0.4, -0.2) is 33.9 Å². The van der Waals surface area contributed by atoms with E-state index >= 15 is 0 Å². The van der Waals surface area contributed by atoms with E-state index in [1.807, 2.05) is 0 Å². The van der Waals surface area contributed by atoms with E-state index in [-0.39, 0.29) is 12.4 Å². The van der Waals surface area contributed by atoms with Crippen molar-refractivity contribution in [2.24, 2.45) is 0 Å². The Bertz CT molecular complexity index is 414.